The summed E-state index contributed by atoms with van der Waals surface area (Å²) in [7, 11) is 0. The van der Waals surface area contributed by atoms with Crippen molar-refractivity contribution >= 4 is 38.6 Å². The third-order valence-corrected chi connectivity index (χ3v) is 4.63. The van der Waals surface area contributed by atoms with Gasteiger partial charge in [0.15, 0.2) is 0 Å². The van der Waals surface area contributed by atoms with Crippen molar-refractivity contribution < 1.29 is 4.79 Å². The molecule has 1 saturated carbocycles. The van der Waals surface area contributed by atoms with Gasteiger partial charge in [0.25, 0.3) is 0 Å². The van der Waals surface area contributed by atoms with Gasteiger partial charge in [0.1, 0.15) is 5.82 Å². The number of fused-ring (bicyclic) bond motifs is 1. The molecular weight excluding hydrogens is 330 g/mol. The van der Waals surface area contributed by atoms with E-state index in [1.807, 2.05) is 18.2 Å². The van der Waals surface area contributed by atoms with Crippen molar-refractivity contribution in [2.75, 3.05) is 18.0 Å². The Hall–Kier alpha value is -1.62. The molecule has 1 N–H and O–H groups in total. The molecule has 0 spiro atoms. The Bertz CT molecular complexity index is 708. The molecular formula is C16H16BrN3O. The van der Waals surface area contributed by atoms with Crippen LogP contribution in [0.5, 0.6) is 0 Å². The number of aromatic nitrogens is 1. The molecule has 4 rings (SSSR count). The number of amides is 1. The summed E-state index contributed by atoms with van der Waals surface area (Å²) < 4.78 is 1.03. The number of carbonyl (C=O) groups is 1. The van der Waals surface area contributed by atoms with E-state index in [4.69, 9.17) is 0 Å². The third kappa shape index (κ3) is 2.62. The van der Waals surface area contributed by atoms with Crippen molar-refractivity contribution in [2.24, 2.45) is 5.92 Å². The maximum absolute atomic E-state index is 11.9. The first kappa shape index (κ1) is 13.1. The van der Waals surface area contributed by atoms with E-state index < -0.39 is 0 Å². The van der Waals surface area contributed by atoms with Crippen LogP contribution in [0.4, 0.5) is 5.82 Å². The first-order chi connectivity index (χ1) is 10.2. The van der Waals surface area contributed by atoms with Crippen LogP contribution < -0.4 is 10.2 Å². The van der Waals surface area contributed by atoms with Crippen LogP contribution >= 0.6 is 15.9 Å². The average Bonchev–Trinajstić information content (AvgIpc) is 3.20. The lowest BCUT2D eigenvalue weighted by Crippen LogP contribution is -2.54. The van der Waals surface area contributed by atoms with E-state index in [2.05, 4.69) is 43.3 Å². The zero-order chi connectivity index (χ0) is 14.4. The van der Waals surface area contributed by atoms with Crippen LogP contribution in [-0.4, -0.2) is 30.0 Å². The molecule has 2 heterocycles. The second kappa shape index (κ2) is 4.98. The molecule has 1 aliphatic heterocycles. The van der Waals surface area contributed by atoms with Crippen LogP contribution in [0.1, 0.15) is 12.8 Å². The predicted octanol–water partition coefficient (Wildman–Crippen LogP) is 2.71. The zero-order valence-electron chi connectivity index (χ0n) is 11.6. The van der Waals surface area contributed by atoms with Gasteiger partial charge in [-0.15, -0.1) is 0 Å². The molecule has 5 heteroatoms. The molecule has 1 aromatic carbocycles. The Balaban J connectivity index is 1.46. The second-order valence-corrected chi connectivity index (χ2v) is 6.81. The van der Waals surface area contributed by atoms with Crippen molar-refractivity contribution in [3.63, 3.8) is 0 Å². The van der Waals surface area contributed by atoms with Crippen LogP contribution in [0.25, 0.3) is 10.9 Å². The first-order valence-corrected chi connectivity index (χ1v) is 8.10. The van der Waals surface area contributed by atoms with Crippen LogP contribution in [-0.2, 0) is 4.79 Å². The molecule has 0 radical (unpaired) electrons. The highest BCUT2D eigenvalue weighted by atomic mass is 79.9. The highest BCUT2D eigenvalue weighted by molar-refractivity contribution is 9.10. The number of carbonyl (C=O) groups excluding carboxylic acids is 1. The first-order valence-electron chi connectivity index (χ1n) is 7.31. The van der Waals surface area contributed by atoms with Crippen LogP contribution in [0.2, 0.25) is 0 Å². The number of halogens is 1. The SMILES string of the molecule is O=C(NC1CC1)C1CN(c2ccc3ccc(Br)cc3n2)C1. The summed E-state index contributed by atoms with van der Waals surface area (Å²) >= 11 is 3.48. The molecule has 1 aliphatic carbocycles. The van der Waals surface area contributed by atoms with Gasteiger partial charge >= 0.3 is 0 Å². The smallest absolute Gasteiger partial charge is 0.226 e. The maximum atomic E-state index is 11.9. The second-order valence-electron chi connectivity index (χ2n) is 5.89. The zero-order valence-corrected chi connectivity index (χ0v) is 13.1. The highest BCUT2D eigenvalue weighted by Crippen LogP contribution is 2.27. The fraction of sp³-hybridized carbons (Fsp3) is 0.375. The van der Waals surface area contributed by atoms with Gasteiger partial charge in [0.05, 0.1) is 11.4 Å². The Kier molecular flexibility index (Phi) is 3.10. The topological polar surface area (TPSA) is 45.2 Å². The van der Waals surface area contributed by atoms with Crippen molar-refractivity contribution in [1.29, 1.82) is 0 Å². The van der Waals surface area contributed by atoms with Crippen LogP contribution in [0.15, 0.2) is 34.8 Å². The van der Waals surface area contributed by atoms with Crippen molar-refractivity contribution in [3.8, 4) is 0 Å². The molecule has 1 amide bonds. The Morgan fingerprint density at radius 2 is 2.00 bits per heavy atom. The molecule has 2 aliphatic rings. The van der Waals surface area contributed by atoms with Gasteiger partial charge in [-0.05, 0) is 37.1 Å². The number of nitrogens with one attached hydrogen (secondary N) is 1. The summed E-state index contributed by atoms with van der Waals surface area (Å²) in [6.07, 6.45) is 2.28. The predicted molar refractivity (Wildman–Crippen MR) is 86.3 cm³/mol. The van der Waals surface area contributed by atoms with E-state index in [1.54, 1.807) is 0 Å². The van der Waals surface area contributed by atoms with Gasteiger partial charge in [0, 0.05) is 29.0 Å². The minimum Gasteiger partial charge on any atom is -0.355 e. The standard InChI is InChI=1S/C16H16BrN3O/c17-12-3-1-10-2-6-15(19-14(10)7-12)20-8-11(9-20)16(21)18-13-4-5-13/h1-3,6-7,11,13H,4-5,8-9H2,(H,18,21). The molecule has 0 bridgehead atoms. The normalized spacial score (nSPS) is 18.6. The number of nitrogens with zero attached hydrogens (tertiary/aromatic N) is 2. The molecule has 2 fully saturated rings. The third-order valence-electron chi connectivity index (χ3n) is 4.14. The summed E-state index contributed by atoms with van der Waals surface area (Å²) in [5.41, 5.74) is 0.979. The van der Waals surface area contributed by atoms with Crippen molar-refractivity contribution in [2.45, 2.75) is 18.9 Å². The molecule has 21 heavy (non-hydrogen) atoms. The average molecular weight is 346 g/mol. The van der Waals surface area contributed by atoms with Crippen LogP contribution in [0.3, 0.4) is 0 Å². The monoisotopic (exact) mass is 345 g/mol. The van der Waals surface area contributed by atoms with Gasteiger partial charge in [-0.2, -0.15) is 0 Å². The molecule has 1 aromatic heterocycles. The number of hydrogen-bond donors (Lipinski definition) is 1. The summed E-state index contributed by atoms with van der Waals surface area (Å²) in [4.78, 5) is 18.8. The number of hydrogen-bond acceptors (Lipinski definition) is 3. The largest absolute Gasteiger partial charge is 0.355 e. The van der Waals surface area contributed by atoms with E-state index in [9.17, 15) is 4.79 Å². The van der Waals surface area contributed by atoms with E-state index in [1.165, 1.54) is 0 Å². The molecule has 0 atom stereocenters. The number of pyridine rings is 1. The fourth-order valence-corrected chi connectivity index (χ4v) is 2.98. The van der Waals surface area contributed by atoms with Gasteiger partial charge in [-0.1, -0.05) is 22.0 Å². The molecule has 1 saturated heterocycles. The van der Waals surface area contributed by atoms with Crippen LogP contribution in [0, 0.1) is 5.92 Å². The number of rotatable bonds is 3. The summed E-state index contributed by atoms with van der Waals surface area (Å²) in [5, 5.41) is 4.20. The molecule has 2 aromatic rings. The van der Waals surface area contributed by atoms with E-state index in [0.717, 1.165) is 47.1 Å². The van der Waals surface area contributed by atoms with Gasteiger partial charge in [-0.3, -0.25) is 4.79 Å². The summed E-state index contributed by atoms with van der Waals surface area (Å²) in [6.45, 7) is 1.54. The lowest BCUT2D eigenvalue weighted by atomic mass is 9.99. The van der Waals surface area contributed by atoms with Gasteiger partial charge in [0.2, 0.25) is 5.91 Å². The molecule has 4 nitrogen and oxygen atoms in total. The summed E-state index contributed by atoms with van der Waals surface area (Å²) in [5.74, 6) is 1.28. The minimum atomic E-state index is 0.116. The molecule has 0 unspecified atom stereocenters. The van der Waals surface area contributed by atoms with Gasteiger partial charge in [-0.25, -0.2) is 4.98 Å². The fourth-order valence-electron chi connectivity index (χ4n) is 2.63. The lowest BCUT2D eigenvalue weighted by molar-refractivity contribution is -0.125. The van der Waals surface area contributed by atoms with Gasteiger partial charge < -0.3 is 10.2 Å². The van der Waals surface area contributed by atoms with E-state index in [0.29, 0.717) is 6.04 Å². The quantitative estimate of drug-likeness (QED) is 0.930. The highest BCUT2D eigenvalue weighted by Gasteiger charge is 2.35. The lowest BCUT2D eigenvalue weighted by Gasteiger charge is -2.39. The van der Waals surface area contributed by atoms with E-state index >= 15 is 0 Å². The Morgan fingerprint density at radius 3 is 2.76 bits per heavy atom. The minimum absolute atomic E-state index is 0.116. The maximum Gasteiger partial charge on any atom is 0.226 e. The van der Waals surface area contributed by atoms with E-state index in [-0.39, 0.29) is 11.8 Å². The Morgan fingerprint density at radius 1 is 1.24 bits per heavy atom. The van der Waals surface area contributed by atoms with Crippen molar-refractivity contribution in [3.05, 3.63) is 34.8 Å². The van der Waals surface area contributed by atoms with Crippen molar-refractivity contribution in [1.82, 2.24) is 10.3 Å². The summed E-state index contributed by atoms with van der Waals surface area (Å²) in [6, 6.07) is 10.7. The number of benzene rings is 1. The molecule has 108 valence electrons. The number of anilines is 1. The Labute approximate surface area is 131 Å².